The minimum absolute atomic E-state index is 0.0745. The topological polar surface area (TPSA) is 134 Å². The van der Waals surface area contributed by atoms with Crippen molar-refractivity contribution in [2.45, 2.75) is 113 Å². The van der Waals surface area contributed by atoms with Gasteiger partial charge in [0, 0.05) is 42.3 Å². The second-order valence-electron chi connectivity index (χ2n) is 14.1. The second kappa shape index (κ2) is 6.81. The van der Waals surface area contributed by atoms with Gasteiger partial charge in [0.2, 0.25) is 0 Å². The maximum Gasteiger partial charge on any atom is 0.196 e. The number of rotatable bonds is 0. The summed E-state index contributed by atoms with van der Waals surface area (Å²) in [6, 6.07) is -0.0745. The largest absolute Gasteiger partial charge is 0.390 e. The number of hydrogen-bond donors (Lipinski definition) is 6. The Morgan fingerprint density at radius 2 is 1.60 bits per heavy atom. The normalized spacial score (nSPS) is 67.5. The number of hydrogen-bond acceptors (Lipinski definition) is 8. The highest BCUT2D eigenvalue weighted by Gasteiger charge is 2.84. The van der Waals surface area contributed by atoms with Crippen LogP contribution in [0, 0.1) is 40.9 Å². The molecule has 8 heteroatoms. The summed E-state index contributed by atoms with van der Waals surface area (Å²) in [7, 11) is 0. The Hall–Kier alpha value is -0.320. The van der Waals surface area contributed by atoms with E-state index < -0.39 is 58.2 Å². The third-order valence-electron chi connectivity index (χ3n) is 12.8. The number of aliphatic hydroxyl groups is 6. The zero-order valence-corrected chi connectivity index (χ0v) is 21.2. The molecule has 4 aliphatic carbocycles. The highest BCUT2D eigenvalue weighted by molar-refractivity contribution is 5.31. The minimum atomic E-state index is -1.64. The molecule has 7 fully saturated rings. The van der Waals surface area contributed by atoms with Gasteiger partial charge in [-0.2, -0.15) is 0 Å². The molecule has 1 spiro atoms. The van der Waals surface area contributed by atoms with Crippen LogP contribution in [0.3, 0.4) is 0 Å². The number of nitrogens with zero attached hydrogens (tertiary/aromatic N) is 1. The van der Waals surface area contributed by atoms with Crippen molar-refractivity contribution >= 4 is 0 Å². The van der Waals surface area contributed by atoms with Crippen LogP contribution >= 0.6 is 0 Å². The lowest BCUT2D eigenvalue weighted by Crippen LogP contribution is -2.76. The van der Waals surface area contributed by atoms with Crippen molar-refractivity contribution in [1.82, 2.24) is 4.90 Å². The maximum absolute atomic E-state index is 12.5. The van der Waals surface area contributed by atoms with Crippen molar-refractivity contribution in [1.29, 1.82) is 0 Å². The molecule has 3 heterocycles. The van der Waals surface area contributed by atoms with Crippen LogP contribution in [0.2, 0.25) is 0 Å². The molecule has 0 aromatic heterocycles. The van der Waals surface area contributed by atoms with Gasteiger partial charge in [-0.15, -0.1) is 0 Å². The molecule has 198 valence electrons. The van der Waals surface area contributed by atoms with E-state index in [0.29, 0.717) is 44.6 Å². The summed E-state index contributed by atoms with van der Waals surface area (Å²) < 4.78 is 6.60. The molecule has 8 nitrogen and oxygen atoms in total. The molecule has 0 unspecified atom stereocenters. The highest BCUT2D eigenvalue weighted by Crippen LogP contribution is 2.76. The van der Waals surface area contributed by atoms with Crippen molar-refractivity contribution < 1.29 is 35.4 Å². The maximum atomic E-state index is 12.5. The summed E-state index contributed by atoms with van der Waals surface area (Å²) in [5.41, 5.74) is -4.08. The molecule has 6 N–H and O–H groups in total. The highest BCUT2D eigenvalue weighted by atomic mass is 16.7. The Kier molecular flexibility index (Phi) is 4.62. The number of aliphatic hydroxyl groups excluding tert-OH is 3. The van der Waals surface area contributed by atoms with E-state index in [4.69, 9.17) is 4.74 Å². The van der Waals surface area contributed by atoms with E-state index >= 15 is 0 Å². The van der Waals surface area contributed by atoms with Gasteiger partial charge in [-0.1, -0.05) is 13.8 Å². The lowest BCUT2D eigenvalue weighted by atomic mass is 9.49. The van der Waals surface area contributed by atoms with Crippen molar-refractivity contribution in [3.05, 3.63) is 0 Å². The minimum Gasteiger partial charge on any atom is -0.390 e. The van der Waals surface area contributed by atoms with E-state index in [1.165, 1.54) is 0 Å². The van der Waals surface area contributed by atoms with Crippen molar-refractivity contribution in [3.8, 4) is 0 Å². The van der Waals surface area contributed by atoms with Crippen LogP contribution < -0.4 is 0 Å². The van der Waals surface area contributed by atoms with Gasteiger partial charge in [0.25, 0.3) is 0 Å². The first-order chi connectivity index (χ1) is 16.3. The molecule has 3 aliphatic heterocycles. The van der Waals surface area contributed by atoms with E-state index in [1.54, 1.807) is 0 Å². The average molecular weight is 494 g/mol. The molecule has 7 aliphatic rings. The summed E-state index contributed by atoms with van der Waals surface area (Å²) in [4.78, 5) is 2.36. The van der Waals surface area contributed by atoms with E-state index in [2.05, 4.69) is 18.7 Å². The molecule has 4 saturated carbocycles. The van der Waals surface area contributed by atoms with Gasteiger partial charge in [-0.25, -0.2) is 0 Å². The molecule has 0 aromatic rings. The zero-order chi connectivity index (χ0) is 24.9. The van der Waals surface area contributed by atoms with Crippen molar-refractivity contribution in [2.24, 2.45) is 40.9 Å². The van der Waals surface area contributed by atoms with Crippen LogP contribution in [-0.2, 0) is 4.74 Å². The predicted octanol–water partition coefficient (Wildman–Crippen LogP) is 0.215. The smallest absolute Gasteiger partial charge is 0.196 e. The van der Waals surface area contributed by atoms with Crippen molar-refractivity contribution in [2.75, 3.05) is 13.1 Å². The van der Waals surface area contributed by atoms with Crippen LogP contribution in [0.4, 0.5) is 0 Å². The molecule has 3 saturated heterocycles. The first-order valence-electron chi connectivity index (χ1n) is 14.0. The van der Waals surface area contributed by atoms with Gasteiger partial charge in [-0.3, -0.25) is 4.90 Å². The molecule has 15 atom stereocenters. The predicted molar refractivity (Wildman–Crippen MR) is 125 cm³/mol. The Bertz CT molecular complexity index is 931. The monoisotopic (exact) mass is 493 g/mol. The summed E-state index contributed by atoms with van der Waals surface area (Å²) in [6.07, 6.45) is 1.05. The summed E-state index contributed by atoms with van der Waals surface area (Å²) in [5.74, 6) is -2.93. The lowest BCUT2D eigenvalue weighted by molar-refractivity contribution is -0.290. The van der Waals surface area contributed by atoms with E-state index in [-0.39, 0.29) is 23.8 Å². The SMILES string of the molecule is C[C@H]1CC[C@@H]2N(C1)C[C@@H]1[C@H]([C@H](O)[C@H](O)[C@]3(O)[C@H]1C[C@@]14O[C@@]5(O)[C@@H](CC[C@@H]31)[C@]4(C)CC[C@@H]5O)[C@]2(C)O. The first kappa shape index (κ1) is 23.8. The first-order valence-corrected chi connectivity index (χ1v) is 14.0. The van der Waals surface area contributed by atoms with Crippen LogP contribution in [-0.4, -0.2) is 95.6 Å². The molecule has 0 amide bonds. The fraction of sp³-hybridized carbons (Fsp3) is 1.00. The van der Waals surface area contributed by atoms with Gasteiger partial charge in [0.1, 0.15) is 17.8 Å². The summed E-state index contributed by atoms with van der Waals surface area (Å²) in [6.45, 7) is 7.73. The number of piperidine rings is 2. The Balaban J connectivity index is 1.35. The molecule has 35 heavy (non-hydrogen) atoms. The average Bonchev–Trinajstić information content (AvgIpc) is 3.04. The fourth-order valence-corrected chi connectivity index (χ4v) is 11.4. The lowest BCUT2D eigenvalue weighted by Gasteiger charge is -2.63. The standard InChI is InChI=1S/C27H43NO7/c1-13-4-7-18-24(3,32)20-14(12-28(18)11-13)15-10-25-17(26(15,33)22(31)21(20)30)6-5-16-23(25,2)9-8-19(29)27(16,34)35-25/h13-22,29-34H,4-12H2,1-3H3/t13-,14-,15-,16-,17+,18-,19-,20+,21-,22-,23-,24+,25+,26-,27-/m0/s1. The molecular weight excluding hydrogens is 450 g/mol. The van der Waals surface area contributed by atoms with Gasteiger partial charge in [-0.05, 0) is 69.6 Å². The molecule has 0 aromatic carbocycles. The quantitative estimate of drug-likeness (QED) is 0.282. The summed E-state index contributed by atoms with van der Waals surface area (Å²) >= 11 is 0. The second-order valence-corrected chi connectivity index (χ2v) is 14.1. The van der Waals surface area contributed by atoms with Gasteiger partial charge < -0.3 is 35.4 Å². The van der Waals surface area contributed by atoms with E-state index in [0.717, 1.165) is 19.4 Å². The number of fused-ring (bicyclic) bond motifs is 5. The van der Waals surface area contributed by atoms with Crippen LogP contribution in [0.5, 0.6) is 0 Å². The van der Waals surface area contributed by atoms with Gasteiger partial charge >= 0.3 is 0 Å². The number of ether oxygens (including phenoxy) is 1. The molecular formula is C27H43NO7. The van der Waals surface area contributed by atoms with Crippen LogP contribution in [0.15, 0.2) is 0 Å². The third-order valence-corrected chi connectivity index (χ3v) is 12.8. The zero-order valence-electron chi connectivity index (χ0n) is 21.2. The Morgan fingerprint density at radius 3 is 2.34 bits per heavy atom. The Morgan fingerprint density at radius 1 is 0.886 bits per heavy atom. The third kappa shape index (κ3) is 2.44. The van der Waals surface area contributed by atoms with E-state index in [9.17, 15) is 30.6 Å². The molecule has 4 bridgehead atoms. The molecule has 7 rings (SSSR count). The summed E-state index contributed by atoms with van der Waals surface area (Å²) in [5, 5.41) is 69.9. The van der Waals surface area contributed by atoms with Gasteiger partial charge in [0.05, 0.1) is 17.3 Å². The van der Waals surface area contributed by atoms with Crippen molar-refractivity contribution in [3.63, 3.8) is 0 Å². The van der Waals surface area contributed by atoms with Crippen LogP contribution in [0.25, 0.3) is 0 Å². The fourth-order valence-electron chi connectivity index (χ4n) is 11.4. The van der Waals surface area contributed by atoms with E-state index in [1.807, 2.05) is 6.92 Å². The van der Waals surface area contributed by atoms with Gasteiger partial charge in [0.15, 0.2) is 5.79 Å². The Labute approximate surface area is 207 Å². The van der Waals surface area contributed by atoms with Crippen LogP contribution in [0.1, 0.15) is 65.7 Å². The molecule has 0 radical (unpaired) electrons.